The number of ether oxygens (including phenoxy) is 2. The van der Waals surface area contributed by atoms with Gasteiger partial charge in [-0.25, -0.2) is 4.79 Å². The first-order valence-electron chi connectivity index (χ1n) is 12.3. The molecule has 184 valence electrons. The predicted octanol–water partition coefficient (Wildman–Crippen LogP) is 3.40. The number of likely N-dealkylation sites (tertiary alicyclic amines) is 1. The fourth-order valence-electron chi connectivity index (χ4n) is 5.47. The molecule has 0 saturated carbocycles. The van der Waals surface area contributed by atoms with Crippen LogP contribution in [0.2, 0.25) is 0 Å². The highest BCUT2D eigenvalue weighted by atomic mass is 16.5. The summed E-state index contributed by atoms with van der Waals surface area (Å²) in [6.45, 7) is 1.30. The van der Waals surface area contributed by atoms with Gasteiger partial charge in [-0.3, -0.25) is 9.59 Å². The van der Waals surface area contributed by atoms with Crippen LogP contribution in [-0.2, 0) is 19.1 Å². The number of nitrogens with zero attached hydrogens (tertiary/aromatic N) is 1. The van der Waals surface area contributed by atoms with Gasteiger partial charge in [0.05, 0.1) is 12.0 Å². The highest BCUT2D eigenvalue weighted by Gasteiger charge is 2.37. The van der Waals surface area contributed by atoms with Crippen LogP contribution in [0.25, 0.3) is 11.1 Å². The maximum atomic E-state index is 12.8. The number of nitrogens with one attached hydrogen (secondary N) is 1. The second-order valence-corrected chi connectivity index (χ2v) is 9.49. The molecule has 3 aliphatic rings. The molecule has 3 atom stereocenters. The first-order valence-corrected chi connectivity index (χ1v) is 12.3. The van der Waals surface area contributed by atoms with E-state index in [4.69, 9.17) is 9.47 Å². The van der Waals surface area contributed by atoms with Crippen LogP contribution in [-0.4, -0.2) is 66.4 Å². The molecule has 2 N–H and O–H groups in total. The van der Waals surface area contributed by atoms with Crippen LogP contribution in [0.4, 0.5) is 4.79 Å². The number of aliphatic carboxylic acids is 1. The second kappa shape index (κ2) is 10.1. The zero-order valence-corrected chi connectivity index (χ0v) is 19.5. The molecule has 2 amide bonds. The molecular formula is C27H30N2O6. The molecule has 35 heavy (non-hydrogen) atoms. The van der Waals surface area contributed by atoms with Crippen molar-refractivity contribution in [2.75, 3.05) is 26.2 Å². The number of alkyl carbamates (subject to hydrolysis) is 1. The summed E-state index contributed by atoms with van der Waals surface area (Å²) in [6.07, 6.45) is 1.12. The van der Waals surface area contributed by atoms with Crippen molar-refractivity contribution in [3.63, 3.8) is 0 Å². The van der Waals surface area contributed by atoms with Gasteiger partial charge in [0.1, 0.15) is 12.7 Å². The summed E-state index contributed by atoms with van der Waals surface area (Å²) in [7, 11) is 0. The largest absolute Gasteiger partial charge is 0.481 e. The normalized spacial score (nSPS) is 23.4. The van der Waals surface area contributed by atoms with Crippen molar-refractivity contribution in [2.24, 2.45) is 5.92 Å². The molecule has 2 aromatic rings. The van der Waals surface area contributed by atoms with Crippen LogP contribution >= 0.6 is 0 Å². The summed E-state index contributed by atoms with van der Waals surface area (Å²) in [5.41, 5.74) is 4.67. The van der Waals surface area contributed by atoms with E-state index in [2.05, 4.69) is 29.6 Å². The van der Waals surface area contributed by atoms with E-state index in [9.17, 15) is 19.5 Å². The number of fused-ring (bicyclic) bond motifs is 3. The number of carbonyl (C=O) groups excluding carboxylic acids is 2. The standard InChI is InChI=1S/C27H30N2O6/c30-25(29-13-5-6-17(15-29)26(31)32)24-12-11-18(35-24)14-28-27(33)34-16-23-21-9-3-1-7-19(21)20-8-2-4-10-22(20)23/h1-4,7-10,17-18,23-24H,5-6,11-16H2,(H,28,33)(H,31,32)/t17-,18?,24?/m0/s1. The minimum atomic E-state index is -0.861. The zero-order chi connectivity index (χ0) is 24.4. The molecule has 5 rings (SSSR count). The Bertz CT molecular complexity index is 1070. The van der Waals surface area contributed by atoms with E-state index in [0.717, 1.165) is 11.1 Å². The molecule has 0 spiro atoms. The van der Waals surface area contributed by atoms with E-state index in [1.807, 2.05) is 24.3 Å². The highest BCUT2D eigenvalue weighted by Crippen LogP contribution is 2.44. The Labute approximate surface area is 204 Å². The third-order valence-electron chi connectivity index (χ3n) is 7.28. The smallest absolute Gasteiger partial charge is 0.407 e. The summed E-state index contributed by atoms with van der Waals surface area (Å²) in [4.78, 5) is 38.1. The van der Waals surface area contributed by atoms with Crippen LogP contribution in [0, 0.1) is 5.92 Å². The molecule has 0 radical (unpaired) electrons. The summed E-state index contributed by atoms with van der Waals surface area (Å²) in [5.74, 6) is -1.53. The second-order valence-electron chi connectivity index (χ2n) is 9.49. The van der Waals surface area contributed by atoms with Gasteiger partial charge in [0.15, 0.2) is 0 Å². The van der Waals surface area contributed by atoms with Crippen molar-refractivity contribution in [2.45, 2.75) is 43.8 Å². The van der Waals surface area contributed by atoms with Gasteiger partial charge in [-0.15, -0.1) is 0 Å². The molecule has 2 aliphatic heterocycles. The van der Waals surface area contributed by atoms with Gasteiger partial charge >= 0.3 is 12.1 Å². The van der Waals surface area contributed by atoms with Gasteiger partial charge in [-0.05, 0) is 47.9 Å². The SMILES string of the molecule is O=C(NCC1CCC(C(=O)N2CCC[C@H](C(=O)O)C2)O1)OCC1c2ccccc2-c2ccccc21. The van der Waals surface area contributed by atoms with Gasteiger partial charge in [-0.1, -0.05) is 48.5 Å². The van der Waals surface area contributed by atoms with Crippen molar-refractivity contribution in [3.8, 4) is 11.1 Å². The molecule has 0 bridgehead atoms. The maximum absolute atomic E-state index is 12.8. The number of hydrogen-bond acceptors (Lipinski definition) is 5. The fraction of sp³-hybridized carbons (Fsp3) is 0.444. The highest BCUT2D eigenvalue weighted by molar-refractivity contribution is 5.82. The van der Waals surface area contributed by atoms with Crippen molar-refractivity contribution in [1.82, 2.24) is 10.2 Å². The number of carboxylic acids is 1. The first-order chi connectivity index (χ1) is 17.0. The molecule has 0 aromatic heterocycles. The first kappa shape index (κ1) is 23.4. The molecule has 1 aliphatic carbocycles. The molecule has 2 saturated heterocycles. The average Bonchev–Trinajstić information content (AvgIpc) is 3.49. The third kappa shape index (κ3) is 4.89. The van der Waals surface area contributed by atoms with Crippen LogP contribution in [0.5, 0.6) is 0 Å². The Hall–Kier alpha value is -3.39. The van der Waals surface area contributed by atoms with Crippen molar-refractivity contribution < 1.29 is 29.0 Å². The number of rotatable bonds is 6. The summed E-state index contributed by atoms with van der Waals surface area (Å²) in [5, 5.41) is 12.0. The van der Waals surface area contributed by atoms with Crippen LogP contribution < -0.4 is 5.32 Å². The van der Waals surface area contributed by atoms with Crippen LogP contribution in [0.15, 0.2) is 48.5 Å². The number of amides is 2. The minimum absolute atomic E-state index is 0.00273. The lowest BCUT2D eigenvalue weighted by Gasteiger charge is -2.32. The Morgan fingerprint density at radius 2 is 1.69 bits per heavy atom. The molecule has 2 fully saturated rings. The molecule has 2 aromatic carbocycles. The van der Waals surface area contributed by atoms with Gasteiger partial charge in [0.2, 0.25) is 0 Å². The van der Waals surface area contributed by atoms with E-state index in [-0.39, 0.29) is 37.6 Å². The number of piperidine rings is 1. The monoisotopic (exact) mass is 478 g/mol. The average molecular weight is 479 g/mol. The molecular weight excluding hydrogens is 448 g/mol. The van der Waals surface area contributed by atoms with Crippen molar-refractivity contribution in [3.05, 3.63) is 59.7 Å². The summed E-state index contributed by atoms with van der Waals surface area (Å²) < 4.78 is 11.5. The Kier molecular flexibility index (Phi) is 6.72. The summed E-state index contributed by atoms with van der Waals surface area (Å²) in [6, 6.07) is 16.4. The Morgan fingerprint density at radius 1 is 1.00 bits per heavy atom. The van der Waals surface area contributed by atoms with E-state index in [0.29, 0.717) is 32.2 Å². The van der Waals surface area contributed by atoms with Gasteiger partial charge in [0.25, 0.3) is 5.91 Å². The maximum Gasteiger partial charge on any atom is 0.407 e. The Morgan fingerprint density at radius 3 is 2.37 bits per heavy atom. The molecule has 8 nitrogen and oxygen atoms in total. The van der Waals surface area contributed by atoms with Gasteiger partial charge in [0, 0.05) is 25.6 Å². The quantitative estimate of drug-likeness (QED) is 0.659. The van der Waals surface area contributed by atoms with Crippen LogP contribution in [0.3, 0.4) is 0 Å². The minimum Gasteiger partial charge on any atom is -0.481 e. The topological polar surface area (TPSA) is 105 Å². The lowest BCUT2D eigenvalue weighted by molar-refractivity contribution is -0.150. The van der Waals surface area contributed by atoms with Gasteiger partial charge in [-0.2, -0.15) is 0 Å². The number of carbonyl (C=O) groups is 3. The van der Waals surface area contributed by atoms with Crippen LogP contribution in [0.1, 0.15) is 42.7 Å². The van der Waals surface area contributed by atoms with Gasteiger partial charge < -0.3 is 24.8 Å². The fourth-order valence-corrected chi connectivity index (χ4v) is 5.47. The van der Waals surface area contributed by atoms with Crippen molar-refractivity contribution in [1.29, 1.82) is 0 Å². The van der Waals surface area contributed by atoms with E-state index < -0.39 is 24.1 Å². The number of hydrogen-bond donors (Lipinski definition) is 2. The zero-order valence-electron chi connectivity index (χ0n) is 19.5. The van der Waals surface area contributed by atoms with E-state index in [1.165, 1.54) is 11.1 Å². The number of benzene rings is 2. The number of carboxylic acid groups (broad SMARTS) is 1. The van der Waals surface area contributed by atoms with Crippen molar-refractivity contribution >= 4 is 18.0 Å². The van der Waals surface area contributed by atoms with E-state index >= 15 is 0 Å². The lowest BCUT2D eigenvalue weighted by Crippen LogP contribution is -2.46. The lowest BCUT2D eigenvalue weighted by atomic mass is 9.97. The molecule has 8 heteroatoms. The third-order valence-corrected chi connectivity index (χ3v) is 7.28. The van der Waals surface area contributed by atoms with E-state index in [1.54, 1.807) is 4.90 Å². The Balaban J connectivity index is 1.09. The molecule has 2 heterocycles. The summed E-state index contributed by atoms with van der Waals surface area (Å²) >= 11 is 0. The predicted molar refractivity (Wildman–Crippen MR) is 128 cm³/mol. The molecule has 2 unspecified atom stereocenters.